The molecular formula is C17H21F2NO4S. The number of esters is 1. The highest BCUT2D eigenvalue weighted by molar-refractivity contribution is 7.93. The zero-order valence-corrected chi connectivity index (χ0v) is 14.7. The summed E-state index contributed by atoms with van der Waals surface area (Å²) in [7, 11) is -4.08. The molecule has 1 N–H and O–H groups in total. The van der Waals surface area contributed by atoms with E-state index in [1.807, 2.05) is 6.92 Å². The third kappa shape index (κ3) is 5.01. The molecule has 0 amide bonds. The van der Waals surface area contributed by atoms with Crippen molar-refractivity contribution in [2.45, 2.75) is 44.3 Å². The van der Waals surface area contributed by atoms with Gasteiger partial charge in [0.05, 0.1) is 17.9 Å². The second-order valence-corrected chi connectivity index (χ2v) is 7.70. The van der Waals surface area contributed by atoms with E-state index in [9.17, 15) is 22.0 Å². The van der Waals surface area contributed by atoms with Crippen LogP contribution in [0.5, 0.6) is 0 Å². The molecule has 25 heavy (non-hydrogen) atoms. The highest BCUT2D eigenvalue weighted by Gasteiger charge is 2.35. The molecule has 0 radical (unpaired) electrons. The van der Waals surface area contributed by atoms with Crippen LogP contribution in [0.15, 0.2) is 29.8 Å². The number of hydrogen-bond acceptors (Lipinski definition) is 4. The minimum atomic E-state index is -4.08. The molecule has 1 aliphatic rings. The van der Waals surface area contributed by atoms with E-state index in [4.69, 9.17) is 4.74 Å². The van der Waals surface area contributed by atoms with Crippen LogP contribution < -0.4 is 4.72 Å². The first-order chi connectivity index (χ1) is 11.8. The van der Waals surface area contributed by atoms with Crippen LogP contribution >= 0.6 is 0 Å². The van der Waals surface area contributed by atoms with Crippen LogP contribution in [0.1, 0.15) is 39.0 Å². The predicted molar refractivity (Wildman–Crippen MR) is 90.5 cm³/mol. The van der Waals surface area contributed by atoms with Crippen LogP contribution in [0.2, 0.25) is 0 Å². The molecule has 138 valence electrons. The van der Waals surface area contributed by atoms with Gasteiger partial charge in [0.2, 0.25) is 10.0 Å². The Bertz CT molecular complexity index is 762. The number of nitrogens with one attached hydrogen (secondary N) is 1. The van der Waals surface area contributed by atoms with Crippen molar-refractivity contribution in [3.05, 3.63) is 41.5 Å². The molecule has 0 fully saturated rings. The minimum absolute atomic E-state index is 0.0670. The van der Waals surface area contributed by atoms with Crippen molar-refractivity contribution >= 4 is 21.7 Å². The molecule has 1 unspecified atom stereocenters. The van der Waals surface area contributed by atoms with Gasteiger partial charge in [-0.3, -0.25) is 4.72 Å². The number of unbranched alkanes of at least 4 members (excludes halogenated alkanes) is 1. The maximum Gasteiger partial charge on any atom is 0.335 e. The smallest absolute Gasteiger partial charge is 0.335 e. The summed E-state index contributed by atoms with van der Waals surface area (Å²) in [6, 6.07) is 2.56. The SMILES string of the molecule is CCCCOC(=O)C1=CCCCC1S(=O)(=O)Nc1ccc(F)cc1F. The number of benzene rings is 1. The van der Waals surface area contributed by atoms with Crippen molar-refractivity contribution < 1.29 is 26.7 Å². The number of halogens is 2. The fourth-order valence-electron chi connectivity index (χ4n) is 2.57. The van der Waals surface area contributed by atoms with Gasteiger partial charge in [0.15, 0.2) is 0 Å². The molecule has 1 atom stereocenters. The Kier molecular flexibility index (Phi) is 6.52. The largest absolute Gasteiger partial charge is 0.462 e. The van der Waals surface area contributed by atoms with E-state index in [0.29, 0.717) is 25.3 Å². The standard InChI is InChI=1S/C17H21F2NO4S/c1-2-3-10-24-17(21)13-6-4-5-7-16(13)25(22,23)20-15-9-8-12(18)11-14(15)19/h6,8-9,11,16,20H,2-5,7,10H2,1H3. The maximum absolute atomic E-state index is 13.7. The zero-order chi connectivity index (χ0) is 18.4. The summed E-state index contributed by atoms with van der Waals surface area (Å²) in [6.07, 6.45) is 4.49. The first-order valence-corrected chi connectivity index (χ1v) is 9.73. The summed E-state index contributed by atoms with van der Waals surface area (Å²) < 4.78 is 59.2. The number of rotatable bonds is 7. The lowest BCUT2D eigenvalue weighted by Crippen LogP contribution is -2.35. The number of allylic oxidation sites excluding steroid dienone is 1. The van der Waals surface area contributed by atoms with Crippen LogP contribution in [-0.4, -0.2) is 26.2 Å². The van der Waals surface area contributed by atoms with E-state index in [1.54, 1.807) is 6.08 Å². The summed E-state index contributed by atoms with van der Waals surface area (Å²) in [6.45, 7) is 2.17. The topological polar surface area (TPSA) is 72.5 Å². The summed E-state index contributed by atoms with van der Waals surface area (Å²) in [4.78, 5) is 12.2. The summed E-state index contributed by atoms with van der Waals surface area (Å²) in [5.41, 5.74) is -0.289. The van der Waals surface area contributed by atoms with Gasteiger partial charge in [-0.15, -0.1) is 0 Å². The predicted octanol–water partition coefficient (Wildman–Crippen LogP) is 3.53. The molecule has 1 aromatic rings. The molecule has 0 saturated heterocycles. The van der Waals surface area contributed by atoms with Crippen LogP contribution in [0.4, 0.5) is 14.5 Å². The Morgan fingerprint density at radius 1 is 1.36 bits per heavy atom. The van der Waals surface area contributed by atoms with E-state index in [2.05, 4.69) is 4.72 Å². The van der Waals surface area contributed by atoms with E-state index in [-0.39, 0.29) is 24.3 Å². The molecule has 0 aromatic heterocycles. The van der Waals surface area contributed by atoms with Crippen molar-refractivity contribution in [1.82, 2.24) is 0 Å². The van der Waals surface area contributed by atoms with Gasteiger partial charge in [-0.2, -0.15) is 0 Å². The zero-order valence-electron chi connectivity index (χ0n) is 13.9. The van der Waals surface area contributed by atoms with Crippen molar-refractivity contribution in [1.29, 1.82) is 0 Å². The van der Waals surface area contributed by atoms with Crippen LogP contribution in [0, 0.1) is 11.6 Å². The Balaban J connectivity index is 2.19. The fourth-order valence-corrected chi connectivity index (χ4v) is 4.19. The molecule has 1 aliphatic carbocycles. The number of ether oxygens (including phenoxy) is 1. The Morgan fingerprint density at radius 2 is 2.12 bits per heavy atom. The van der Waals surface area contributed by atoms with Gasteiger partial charge in [-0.05, 0) is 37.8 Å². The molecule has 0 bridgehead atoms. The maximum atomic E-state index is 13.7. The lowest BCUT2D eigenvalue weighted by molar-refractivity contribution is -0.139. The second-order valence-electron chi connectivity index (χ2n) is 5.84. The van der Waals surface area contributed by atoms with Gasteiger partial charge in [-0.1, -0.05) is 19.4 Å². The lowest BCUT2D eigenvalue weighted by Gasteiger charge is -2.24. The van der Waals surface area contributed by atoms with E-state index < -0.39 is 32.9 Å². The second kappa shape index (κ2) is 8.42. The number of hydrogen-bond donors (Lipinski definition) is 1. The van der Waals surface area contributed by atoms with Gasteiger partial charge in [0.25, 0.3) is 0 Å². The molecule has 0 saturated carbocycles. The van der Waals surface area contributed by atoms with Gasteiger partial charge >= 0.3 is 5.97 Å². The average Bonchev–Trinajstić information content (AvgIpc) is 2.57. The summed E-state index contributed by atoms with van der Waals surface area (Å²) >= 11 is 0. The van der Waals surface area contributed by atoms with E-state index >= 15 is 0 Å². The van der Waals surface area contributed by atoms with E-state index in [0.717, 1.165) is 18.6 Å². The number of carbonyl (C=O) groups is 1. The molecule has 8 heteroatoms. The molecule has 1 aromatic carbocycles. The van der Waals surface area contributed by atoms with Crippen molar-refractivity contribution in [2.24, 2.45) is 0 Å². The van der Waals surface area contributed by atoms with Gasteiger partial charge < -0.3 is 4.74 Å². The molecular weight excluding hydrogens is 352 g/mol. The highest BCUT2D eigenvalue weighted by Crippen LogP contribution is 2.28. The molecule has 2 rings (SSSR count). The number of sulfonamides is 1. The third-order valence-corrected chi connectivity index (χ3v) is 5.65. The Morgan fingerprint density at radius 3 is 2.80 bits per heavy atom. The molecule has 0 spiro atoms. The Hall–Kier alpha value is -1.96. The van der Waals surface area contributed by atoms with Crippen LogP contribution in [0.25, 0.3) is 0 Å². The molecule has 5 nitrogen and oxygen atoms in total. The highest BCUT2D eigenvalue weighted by atomic mass is 32.2. The van der Waals surface area contributed by atoms with Crippen molar-refractivity contribution in [3.8, 4) is 0 Å². The first kappa shape index (κ1) is 19.4. The molecule has 0 heterocycles. The van der Waals surface area contributed by atoms with Crippen LogP contribution in [0.3, 0.4) is 0 Å². The lowest BCUT2D eigenvalue weighted by atomic mass is 9.99. The first-order valence-electron chi connectivity index (χ1n) is 8.19. The fraction of sp³-hybridized carbons (Fsp3) is 0.471. The average molecular weight is 373 g/mol. The minimum Gasteiger partial charge on any atom is -0.462 e. The number of anilines is 1. The Labute approximate surface area is 146 Å². The van der Waals surface area contributed by atoms with Gasteiger partial charge in [-0.25, -0.2) is 22.0 Å². The summed E-state index contributed by atoms with van der Waals surface area (Å²) in [5, 5.41) is -1.13. The van der Waals surface area contributed by atoms with Crippen molar-refractivity contribution in [2.75, 3.05) is 11.3 Å². The van der Waals surface area contributed by atoms with Crippen LogP contribution in [-0.2, 0) is 19.6 Å². The summed E-state index contributed by atoms with van der Waals surface area (Å²) in [5.74, 6) is -2.49. The van der Waals surface area contributed by atoms with Crippen molar-refractivity contribution in [3.63, 3.8) is 0 Å². The molecule has 0 aliphatic heterocycles. The normalized spacial score (nSPS) is 17.7. The monoisotopic (exact) mass is 373 g/mol. The van der Waals surface area contributed by atoms with E-state index in [1.165, 1.54) is 0 Å². The van der Waals surface area contributed by atoms with Gasteiger partial charge in [0.1, 0.15) is 16.9 Å². The quantitative estimate of drug-likeness (QED) is 0.586. The number of carbonyl (C=O) groups excluding carboxylic acids is 1. The third-order valence-electron chi connectivity index (χ3n) is 3.91. The van der Waals surface area contributed by atoms with Gasteiger partial charge in [0, 0.05) is 6.07 Å².